The van der Waals surface area contributed by atoms with Crippen molar-refractivity contribution in [2.45, 2.75) is 20.1 Å². The second-order valence-electron chi connectivity index (χ2n) is 5.95. The van der Waals surface area contributed by atoms with Gasteiger partial charge in [-0.3, -0.25) is 9.48 Å². The average molecular weight is 337 g/mol. The Kier molecular flexibility index (Phi) is 3.72. The van der Waals surface area contributed by atoms with Crippen molar-refractivity contribution in [1.29, 1.82) is 0 Å². The Morgan fingerprint density at radius 1 is 1.24 bits per heavy atom. The molecule has 1 aliphatic rings. The number of amides is 1. The lowest BCUT2D eigenvalue weighted by molar-refractivity contribution is -0.114. The fraction of sp³-hybridized carbons (Fsp3) is 0.158. The quantitative estimate of drug-likeness (QED) is 0.777. The molecule has 4 rings (SSSR count). The molecule has 1 aliphatic heterocycles. The Morgan fingerprint density at radius 3 is 2.88 bits per heavy atom. The fourth-order valence-electron chi connectivity index (χ4n) is 2.92. The van der Waals surface area contributed by atoms with Crippen LogP contribution in [0.2, 0.25) is 0 Å². The molecule has 0 spiro atoms. The van der Waals surface area contributed by atoms with Crippen molar-refractivity contribution in [2.24, 2.45) is 0 Å². The van der Waals surface area contributed by atoms with Gasteiger partial charge in [0.2, 0.25) is 5.91 Å². The standard InChI is InChI=1S/C19H16FN3O2/c1-12(24)21-14-7-6-13-10-23-15(11-25-19(13)8-14)9-18(22-23)16-4-2-3-5-17(16)20/h2-9H,10-11H2,1H3,(H,21,24). The van der Waals surface area contributed by atoms with E-state index in [4.69, 9.17) is 4.74 Å². The lowest BCUT2D eigenvalue weighted by Crippen LogP contribution is -2.06. The number of fused-ring (bicyclic) bond motifs is 2. The third kappa shape index (κ3) is 2.98. The normalized spacial score (nSPS) is 12.6. The van der Waals surface area contributed by atoms with Crippen LogP contribution in [0.3, 0.4) is 0 Å². The van der Waals surface area contributed by atoms with Crippen LogP contribution in [0.15, 0.2) is 48.5 Å². The predicted molar refractivity (Wildman–Crippen MR) is 91.8 cm³/mol. The maximum Gasteiger partial charge on any atom is 0.221 e. The maximum atomic E-state index is 14.0. The Morgan fingerprint density at radius 2 is 2.08 bits per heavy atom. The highest BCUT2D eigenvalue weighted by atomic mass is 19.1. The van der Waals surface area contributed by atoms with Crippen LogP contribution >= 0.6 is 0 Å². The number of ether oxygens (including phenoxy) is 1. The minimum atomic E-state index is -0.294. The summed E-state index contributed by atoms with van der Waals surface area (Å²) in [6.45, 7) is 2.32. The van der Waals surface area contributed by atoms with E-state index in [1.807, 2.05) is 22.9 Å². The third-order valence-electron chi connectivity index (χ3n) is 4.10. The molecule has 0 saturated heterocycles. The van der Waals surface area contributed by atoms with E-state index in [0.717, 1.165) is 11.3 Å². The number of hydrogen-bond donors (Lipinski definition) is 1. The Bertz CT molecular complexity index is 965. The van der Waals surface area contributed by atoms with Crippen LogP contribution in [-0.4, -0.2) is 15.7 Å². The Balaban J connectivity index is 1.66. The Hall–Kier alpha value is -3.15. The number of carbonyl (C=O) groups is 1. The monoisotopic (exact) mass is 337 g/mol. The van der Waals surface area contributed by atoms with Gasteiger partial charge in [-0.2, -0.15) is 5.10 Å². The SMILES string of the molecule is CC(=O)Nc1ccc2c(c1)OCc1cc(-c3ccccc3F)nn1C2. The summed E-state index contributed by atoms with van der Waals surface area (Å²) < 4.78 is 21.7. The minimum Gasteiger partial charge on any atom is -0.487 e. The van der Waals surface area contributed by atoms with E-state index in [9.17, 15) is 9.18 Å². The van der Waals surface area contributed by atoms with E-state index in [0.29, 0.717) is 35.8 Å². The second kappa shape index (κ2) is 6.05. The lowest BCUT2D eigenvalue weighted by Gasteiger charge is -2.09. The molecule has 6 heteroatoms. The van der Waals surface area contributed by atoms with Crippen molar-refractivity contribution in [3.8, 4) is 17.0 Å². The molecule has 2 heterocycles. The number of carbonyl (C=O) groups excluding carboxylic acids is 1. The highest BCUT2D eigenvalue weighted by Crippen LogP contribution is 2.30. The van der Waals surface area contributed by atoms with Gasteiger partial charge in [0.05, 0.1) is 17.9 Å². The van der Waals surface area contributed by atoms with Gasteiger partial charge in [-0.1, -0.05) is 18.2 Å². The molecule has 0 saturated carbocycles. The molecule has 126 valence electrons. The fourth-order valence-corrected chi connectivity index (χ4v) is 2.92. The molecule has 5 nitrogen and oxygen atoms in total. The number of benzene rings is 2. The van der Waals surface area contributed by atoms with E-state index in [2.05, 4.69) is 10.4 Å². The number of nitrogens with one attached hydrogen (secondary N) is 1. The summed E-state index contributed by atoms with van der Waals surface area (Å²) in [7, 11) is 0. The number of nitrogens with zero attached hydrogens (tertiary/aromatic N) is 2. The predicted octanol–water partition coefficient (Wildman–Crippen LogP) is 3.59. The molecule has 0 fully saturated rings. The maximum absolute atomic E-state index is 14.0. The number of aromatic nitrogens is 2. The first kappa shape index (κ1) is 15.4. The summed E-state index contributed by atoms with van der Waals surface area (Å²) in [6, 6.07) is 14.0. The Labute approximate surface area is 144 Å². The second-order valence-corrected chi connectivity index (χ2v) is 5.95. The van der Waals surface area contributed by atoms with Crippen molar-refractivity contribution >= 4 is 11.6 Å². The molecule has 1 amide bonds. The van der Waals surface area contributed by atoms with Crippen molar-refractivity contribution in [3.05, 3.63) is 65.6 Å². The van der Waals surface area contributed by atoms with E-state index in [1.165, 1.54) is 13.0 Å². The molecule has 0 bridgehead atoms. The molecule has 0 atom stereocenters. The van der Waals surface area contributed by atoms with Crippen molar-refractivity contribution in [1.82, 2.24) is 9.78 Å². The first-order valence-electron chi connectivity index (χ1n) is 7.95. The zero-order chi connectivity index (χ0) is 17.4. The van der Waals surface area contributed by atoms with E-state index < -0.39 is 0 Å². The molecule has 3 aromatic rings. The molecular formula is C19H16FN3O2. The smallest absolute Gasteiger partial charge is 0.221 e. The van der Waals surface area contributed by atoms with Crippen molar-refractivity contribution in [3.63, 3.8) is 0 Å². The van der Waals surface area contributed by atoms with E-state index in [1.54, 1.807) is 24.3 Å². The first-order chi connectivity index (χ1) is 12.1. The summed E-state index contributed by atoms with van der Waals surface area (Å²) in [5.74, 6) is 0.289. The molecular weight excluding hydrogens is 321 g/mol. The van der Waals surface area contributed by atoms with Crippen LogP contribution in [0, 0.1) is 5.82 Å². The molecule has 0 unspecified atom stereocenters. The third-order valence-corrected chi connectivity index (χ3v) is 4.10. The van der Waals surface area contributed by atoms with Gasteiger partial charge in [0.25, 0.3) is 0 Å². The zero-order valence-corrected chi connectivity index (χ0v) is 13.6. The lowest BCUT2D eigenvalue weighted by atomic mass is 10.1. The number of rotatable bonds is 2. The minimum absolute atomic E-state index is 0.129. The van der Waals surface area contributed by atoms with Crippen LogP contribution < -0.4 is 10.1 Å². The average Bonchev–Trinajstić information content (AvgIpc) is 2.89. The summed E-state index contributed by atoms with van der Waals surface area (Å²) in [5.41, 5.74) is 3.59. The van der Waals surface area contributed by atoms with Gasteiger partial charge in [0.15, 0.2) is 0 Å². The zero-order valence-electron chi connectivity index (χ0n) is 13.6. The van der Waals surface area contributed by atoms with Crippen molar-refractivity contribution in [2.75, 3.05) is 5.32 Å². The van der Waals surface area contributed by atoms with E-state index >= 15 is 0 Å². The van der Waals surface area contributed by atoms with Crippen LogP contribution in [0.5, 0.6) is 5.75 Å². The van der Waals surface area contributed by atoms with Gasteiger partial charge in [0, 0.05) is 29.8 Å². The molecule has 2 aromatic carbocycles. The number of hydrogen-bond acceptors (Lipinski definition) is 3. The highest BCUT2D eigenvalue weighted by Gasteiger charge is 2.18. The van der Waals surface area contributed by atoms with Crippen LogP contribution in [0.1, 0.15) is 18.2 Å². The van der Waals surface area contributed by atoms with Crippen molar-refractivity contribution < 1.29 is 13.9 Å². The summed E-state index contributed by atoms with van der Waals surface area (Å²) in [5, 5.41) is 7.28. The summed E-state index contributed by atoms with van der Waals surface area (Å²) >= 11 is 0. The van der Waals surface area contributed by atoms with Crippen LogP contribution in [0.25, 0.3) is 11.3 Å². The van der Waals surface area contributed by atoms with E-state index in [-0.39, 0.29) is 11.7 Å². The molecule has 25 heavy (non-hydrogen) atoms. The van der Waals surface area contributed by atoms with Gasteiger partial charge in [-0.25, -0.2) is 4.39 Å². The summed E-state index contributed by atoms with van der Waals surface area (Å²) in [4.78, 5) is 11.2. The van der Waals surface area contributed by atoms with Crippen LogP contribution in [-0.2, 0) is 17.9 Å². The molecule has 0 aliphatic carbocycles. The summed E-state index contributed by atoms with van der Waals surface area (Å²) in [6.07, 6.45) is 0. The van der Waals surface area contributed by atoms with Gasteiger partial charge in [-0.05, 0) is 24.3 Å². The van der Waals surface area contributed by atoms with Gasteiger partial charge in [0.1, 0.15) is 18.2 Å². The number of anilines is 1. The molecule has 1 aromatic heterocycles. The van der Waals surface area contributed by atoms with Gasteiger partial charge >= 0.3 is 0 Å². The van der Waals surface area contributed by atoms with Crippen LogP contribution in [0.4, 0.5) is 10.1 Å². The molecule has 0 radical (unpaired) electrons. The topological polar surface area (TPSA) is 56.1 Å². The van der Waals surface area contributed by atoms with Gasteiger partial charge < -0.3 is 10.1 Å². The molecule has 1 N–H and O–H groups in total. The largest absolute Gasteiger partial charge is 0.487 e. The highest BCUT2D eigenvalue weighted by molar-refractivity contribution is 5.88. The number of halogens is 1. The first-order valence-corrected chi connectivity index (χ1v) is 7.95. The van der Waals surface area contributed by atoms with Gasteiger partial charge in [-0.15, -0.1) is 0 Å².